The molecule has 0 bridgehead atoms. The van der Waals surface area contributed by atoms with Crippen molar-refractivity contribution >= 4 is 23.1 Å². The number of pyridine rings is 1. The fourth-order valence-corrected chi connectivity index (χ4v) is 5.46. The second-order valence-corrected chi connectivity index (χ2v) is 9.44. The highest BCUT2D eigenvalue weighted by molar-refractivity contribution is 6.06. The summed E-state index contributed by atoms with van der Waals surface area (Å²) in [7, 11) is 1.41. The Hall–Kier alpha value is -3.53. The van der Waals surface area contributed by atoms with E-state index in [1.807, 2.05) is 23.1 Å². The summed E-state index contributed by atoms with van der Waals surface area (Å²) in [5, 5.41) is 7.82. The van der Waals surface area contributed by atoms with Gasteiger partial charge in [-0.05, 0) is 68.9 Å². The first kappa shape index (κ1) is 24.2. The third kappa shape index (κ3) is 4.65. The van der Waals surface area contributed by atoms with Crippen molar-refractivity contribution in [1.82, 2.24) is 20.4 Å². The quantitative estimate of drug-likeness (QED) is 0.504. The molecule has 1 saturated heterocycles. The number of hydrogen-bond donors (Lipinski definition) is 2. The first-order valence-electron chi connectivity index (χ1n) is 12.3. The van der Waals surface area contributed by atoms with Gasteiger partial charge in [0.15, 0.2) is 5.82 Å². The van der Waals surface area contributed by atoms with Gasteiger partial charge in [-0.25, -0.2) is 18.8 Å². The average Bonchev–Trinajstić information content (AvgIpc) is 3.51. The molecular weight excluding hydrogens is 468 g/mol. The fraction of sp³-hybridized carbons (Fsp3) is 0.423. The van der Waals surface area contributed by atoms with Crippen molar-refractivity contribution in [3.05, 3.63) is 65.4 Å². The van der Waals surface area contributed by atoms with E-state index < -0.39 is 17.7 Å². The lowest BCUT2D eigenvalue weighted by Crippen LogP contribution is -2.41. The fourth-order valence-electron chi connectivity index (χ4n) is 5.46. The number of hydroxylamine groups is 1. The number of benzene rings is 1. The van der Waals surface area contributed by atoms with Crippen molar-refractivity contribution in [2.45, 2.75) is 50.6 Å². The van der Waals surface area contributed by atoms with Gasteiger partial charge in [0, 0.05) is 30.3 Å². The summed E-state index contributed by atoms with van der Waals surface area (Å²) >= 11 is 0. The summed E-state index contributed by atoms with van der Waals surface area (Å²) in [4.78, 5) is 32.3. The number of fused-ring (bicyclic) bond motifs is 1. The zero-order valence-electron chi connectivity index (χ0n) is 20.0. The lowest BCUT2D eigenvalue weighted by molar-refractivity contribution is -0.136. The van der Waals surface area contributed by atoms with E-state index in [1.54, 1.807) is 10.7 Å². The van der Waals surface area contributed by atoms with Gasteiger partial charge in [0.1, 0.15) is 17.2 Å². The first-order chi connectivity index (χ1) is 17.5. The van der Waals surface area contributed by atoms with E-state index in [4.69, 9.17) is 9.94 Å². The molecule has 0 unspecified atom stereocenters. The van der Waals surface area contributed by atoms with E-state index in [2.05, 4.69) is 10.8 Å². The van der Waals surface area contributed by atoms with Gasteiger partial charge < -0.3 is 10.2 Å². The zero-order valence-corrected chi connectivity index (χ0v) is 20.0. The Morgan fingerprint density at radius 2 is 1.89 bits per heavy atom. The van der Waals surface area contributed by atoms with E-state index in [-0.39, 0.29) is 29.3 Å². The van der Waals surface area contributed by atoms with Crippen LogP contribution in [0.2, 0.25) is 0 Å². The van der Waals surface area contributed by atoms with E-state index in [0.717, 1.165) is 18.6 Å². The first-order valence-corrected chi connectivity index (χ1v) is 12.3. The molecule has 190 valence electrons. The number of aromatic nitrogens is 2. The maximum Gasteiger partial charge on any atom is 0.257 e. The van der Waals surface area contributed by atoms with Crippen LogP contribution in [0.3, 0.4) is 0 Å². The smallest absolute Gasteiger partial charge is 0.257 e. The molecule has 0 radical (unpaired) electrons. The Morgan fingerprint density at radius 3 is 2.67 bits per heavy atom. The van der Waals surface area contributed by atoms with Crippen molar-refractivity contribution in [3.8, 4) is 0 Å². The molecule has 3 aromatic rings. The molecule has 1 aliphatic heterocycles. The van der Waals surface area contributed by atoms with Crippen LogP contribution in [0.4, 0.5) is 14.6 Å². The summed E-state index contributed by atoms with van der Waals surface area (Å²) in [5.41, 5.74) is 3.71. The number of anilines is 1. The van der Waals surface area contributed by atoms with E-state index in [9.17, 15) is 18.4 Å². The van der Waals surface area contributed by atoms with Crippen LogP contribution < -0.4 is 15.7 Å². The average molecular weight is 498 g/mol. The Morgan fingerprint density at radius 1 is 1.08 bits per heavy atom. The summed E-state index contributed by atoms with van der Waals surface area (Å²) < 4.78 is 30.3. The molecule has 1 atom stereocenters. The number of carbonyl (C=O) groups is 2. The van der Waals surface area contributed by atoms with Crippen molar-refractivity contribution in [2.24, 2.45) is 5.92 Å². The zero-order chi connectivity index (χ0) is 25.2. The van der Waals surface area contributed by atoms with E-state index >= 15 is 0 Å². The monoisotopic (exact) mass is 497 g/mol. The molecule has 2 amide bonds. The Kier molecular flexibility index (Phi) is 6.86. The van der Waals surface area contributed by atoms with Crippen molar-refractivity contribution in [2.75, 3.05) is 18.6 Å². The predicted molar refractivity (Wildman–Crippen MR) is 129 cm³/mol. The number of rotatable bonds is 6. The molecule has 1 saturated carbocycles. The third-order valence-corrected chi connectivity index (χ3v) is 7.23. The molecule has 2 aliphatic rings. The van der Waals surface area contributed by atoms with Crippen LogP contribution in [0, 0.1) is 17.6 Å². The van der Waals surface area contributed by atoms with Gasteiger partial charge in [0.2, 0.25) is 5.91 Å². The molecular formula is C26H29F2N5O3. The topological polar surface area (TPSA) is 88.0 Å². The minimum atomic E-state index is -0.499. The van der Waals surface area contributed by atoms with Crippen molar-refractivity contribution in [1.29, 1.82) is 0 Å². The van der Waals surface area contributed by atoms with Gasteiger partial charge in [-0.1, -0.05) is 6.07 Å². The Bertz CT molecular complexity index is 1270. The number of nitrogens with zero attached hydrogens (tertiary/aromatic N) is 3. The van der Waals surface area contributed by atoms with E-state index in [1.165, 1.54) is 13.2 Å². The summed E-state index contributed by atoms with van der Waals surface area (Å²) in [6, 6.07) is 8.46. The number of hydrogen-bond acceptors (Lipinski definition) is 5. The van der Waals surface area contributed by atoms with Gasteiger partial charge in [0.25, 0.3) is 5.91 Å². The predicted octanol–water partition coefficient (Wildman–Crippen LogP) is 3.92. The number of halogens is 2. The number of nitrogens with one attached hydrogen (secondary N) is 2. The standard InChI is InChI=1S/C26H29F2N5O3/c1-36-31-25(34)16-7-10-18(11-8-16)29-26(35)23-22-5-2-3-14-33(22)30-24(23)32-13-4-6-21(32)19-15-17(27)9-12-20(19)28/h2-3,5,9,12,14-16,18,21H,4,6-8,10-11,13H2,1H3,(H,29,35)(H,31,34)/t16?,18?,21-/m1/s1. The second kappa shape index (κ2) is 10.2. The minimum Gasteiger partial charge on any atom is -0.349 e. The summed E-state index contributed by atoms with van der Waals surface area (Å²) in [6.45, 7) is 0.574. The van der Waals surface area contributed by atoms with Crippen molar-refractivity contribution in [3.63, 3.8) is 0 Å². The van der Waals surface area contributed by atoms with Crippen LogP contribution in [-0.4, -0.2) is 41.1 Å². The SMILES string of the molecule is CONC(=O)C1CCC(NC(=O)c2c(N3CCC[C@@H]3c3cc(F)ccc3F)nn3ccccc23)CC1. The van der Waals surface area contributed by atoms with Crippen LogP contribution in [0.1, 0.15) is 60.5 Å². The van der Waals surface area contributed by atoms with Crippen LogP contribution >= 0.6 is 0 Å². The number of carbonyl (C=O) groups excluding carboxylic acids is 2. The molecule has 5 rings (SSSR count). The van der Waals surface area contributed by atoms with Gasteiger partial charge in [-0.2, -0.15) is 0 Å². The lowest BCUT2D eigenvalue weighted by Gasteiger charge is -2.29. The lowest BCUT2D eigenvalue weighted by atomic mass is 9.85. The molecule has 2 N–H and O–H groups in total. The number of amides is 2. The van der Waals surface area contributed by atoms with Crippen LogP contribution in [0.5, 0.6) is 0 Å². The Labute approximate surface area is 207 Å². The van der Waals surface area contributed by atoms with Crippen molar-refractivity contribution < 1.29 is 23.2 Å². The second-order valence-electron chi connectivity index (χ2n) is 9.44. The highest BCUT2D eigenvalue weighted by Gasteiger charge is 2.35. The highest BCUT2D eigenvalue weighted by atomic mass is 19.1. The van der Waals surface area contributed by atoms with Gasteiger partial charge in [0.05, 0.1) is 18.7 Å². The molecule has 2 aromatic heterocycles. The maximum absolute atomic E-state index is 14.7. The van der Waals surface area contributed by atoms with Crippen LogP contribution in [-0.2, 0) is 9.63 Å². The molecule has 10 heteroatoms. The molecule has 1 aromatic carbocycles. The van der Waals surface area contributed by atoms with E-state index in [0.29, 0.717) is 55.5 Å². The molecule has 36 heavy (non-hydrogen) atoms. The minimum absolute atomic E-state index is 0.0781. The van der Waals surface area contributed by atoms with Crippen LogP contribution in [0.15, 0.2) is 42.6 Å². The molecule has 1 aliphatic carbocycles. The van der Waals surface area contributed by atoms with Gasteiger partial charge in [-0.3, -0.25) is 14.4 Å². The third-order valence-electron chi connectivity index (χ3n) is 7.23. The largest absolute Gasteiger partial charge is 0.349 e. The van der Waals surface area contributed by atoms with Crippen LogP contribution in [0.25, 0.3) is 5.52 Å². The van der Waals surface area contributed by atoms with Gasteiger partial charge in [-0.15, -0.1) is 5.10 Å². The Balaban J connectivity index is 1.41. The molecule has 3 heterocycles. The maximum atomic E-state index is 14.7. The molecule has 0 spiro atoms. The molecule has 8 nitrogen and oxygen atoms in total. The van der Waals surface area contributed by atoms with Gasteiger partial charge >= 0.3 is 0 Å². The highest BCUT2D eigenvalue weighted by Crippen LogP contribution is 2.39. The summed E-state index contributed by atoms with van der Waals surface area (Å²) in [6.07, 6.45) is 5.80. The normalized spacial score (nSPS) is 22.1. The molecule has 2 fully saturated rings. The summed E-state index contributed by atoms with van der Waals surface area (Å²) in [5.74, 6) is -1.06.